The number of nitrogens with zero attached hydrogens (tertiary/aromatic N) is 1. The van der Waals surface area contributed by atoms with Crippen LogP contribution in [0.25, 0.3) is 0 Å². The van der Waals surface area contributed by atoms with E-state index >= 15 is 0 Å². The van der Waals surface area contributed by atoms with Gasteiger partial charge in [0.1, 0.15) is 35.5 Å². The topological polar surface area (TPSA) is 12.5 Å². The highest BCUT2D eigenvalue weighted by molar-refractivity contribution is 7.95. The Labute approximate surface area is 289 Å². The lowest BCUT2D eigenvalue weighted by molar-refractivity contribution is 0.261. The second kappa shape index (κ2) is 17.6. The fourth-order valence-corrected chi connectivity index (χ4v) is 10.8. The van der Waals surface area contributed by atoms with Crippen LogP contribution in [0, 0.1) is 0 Å². The third-order valence-electron chi connectivity index (χ3n) is 8.99. The Hall–Kier alpha value is -4.49. The molecule has 48 heavy (non-hydrogen) atoms. The molecule has 244 valence electrons. The molecule has 0 N–H and O–H groups in total. The van der Waals surface area contributed by atoms with E-state index < -0.39 is 7.26 Å². The Morgan fingerprint density at radius 2 is 0.854 bits per heavy atom. The summed E-state index contributed by atoms with van der Waals surface area (Å²) < 4.78 is 5.72. The highest BCUT2D eigenvalue weighted by Crippen LogP contribution is 2.57. The van der Waals surface area contributed by atoms with E-state index in [1.807, 2.05) is 14.1 Å². The minimum Gasteiger partial charge on any atom is -0.492 e. The second-order valence-electron chi connectivity index (χ2n) is 12.7. The highest BCUT2D eigenvalue weighted by atomic mass is 31.2. The summed E-state index contributed by atoms with van der Waals surface area (Å²) in [7, 11) is 2.32. The third-order valence-corrected chi connectivity index (χ3v) is 13.6. The number of hydrogen-bond acceptors (Lipinski definition) is 2. The van der Waals surface area contributed by atoms with Crippen molar-refractivity contribution in [3.8, 4) is 5.75 Å². The summed E-state index contributed by atoms with van der Waals surface area (Å²) in [6.07, 6.45) is 1.12. The van der Waals surface area contributed by atoms with Gasteiger partial charge in [0.15, 0.2) is 0 Å². The van der Waals surface area contributed by atoms with Crippen molar-refractivity contribution in [2.24, 2.45) is 0 Å². The fraction of sp³-hybridized carbons (Fsp3) is 0.200. The summed E-state index contributed by atoms with van der Waals surface area (Å²) in [5.74, 6) is 1.82. The second-order valence-corrected chi connectivity index (χ2v) is 16.2. The smallest absolute Gasteiger partial charge is 0.119 e. The van der Waals surface area contributed by atoms with Crippen molar-refractivity contribution >= 4 is 23.2 Å². The molecule has 3 heteroatoms. The zero-order valence-electron chi connectivity index (χ0n) is 28.8. The number of ether oxygens (including phenoxy) is 1. The predicted molar refractivity (Wildman–Crippen MR) is 209 cm³/mol. The lowest BCUT2D eigenvalue weighted by atomic mass is 9.93. The van der Waals surface area contributed by atoms with E-state index in [1.54, 1.807) is 0 Å². The van der Waals surface area contributed by atoms with Crippen molar-refractivity contribution in [2.75, 3.05) is 33.4 Å². The monoisotopic (exact) mass is 650 g/mol. The van der Waals surface area contributed by atoms with Crippen molar-refractivity contribution in [1.82, 2.24) is 4.90 Å². The largest absolute Gasteiger partial charge is 0.492 e. The molecule has 0 saturated carbocycles. The number of rotatable bonds is 12. The van der Waals surface area contributed by atoms with Crippen molar-refractivity contribution in [3.63, 3.8) is 0 Å². The molecule has 0 radical (unpaired) electrons. The Kier molecular flexibility index (Phi) is 12.8. The summed E-state index contributed by atoms with van der Waals surface area (Å²) in [4.78, 5) is 2.12. The minimum absolute atomic E-state index is 0.409. The maximum absolute atomic E-state index is 5.72. The quantitative estimate of drug-likeness (QED) is 0.122. The summed E-state index contributed by atoms with van der Waals surface area (Å²) in [5.41, 5.74) is 4.07. The van der Waals surface area contributed by atoms with Gasteiger partial charge >= 0.3 is 0 Å². The van der Waals surface area contributed by atoms with E-state index in [-0.39, 0.29) is 0 Å². The molecule has 2 unspecified atom stereocenters. The normalized spacial score (nSPS) is 12.4. The molecule has 2 atom stereocenters. The van der Waals surface area contributed by atoms with Gasteiger partial charge in [-0.1, -0.05) is 141 Å². The third kappa shape index (κ3) is 9.10. The Bertz CT molecular complexity index is 1650. The Morgan fingerprint density at radius 3 is 1.27 bits per heavy atom. The van der Waals surface area contributed by atoms with Gasteiger partial charge in [-0.2, -0.15) is 0 Å². The van der Waals surface area contributed by atoms with Crippen molar-refractivity contribution in [1.29, 1.82) is 0 Å². The van der Waals surface area contributed by atoms with E-state index in [0.29, 0.717) is 11.8 Å². The number of likely N-dealkylation sites (N-methyl/N-ethyl adjacent to an activating group) is 1. The van der Waals surface area contributed by atoms with Gasteiger partial charge in [-0.25, -0.2) is 0 Å². The van der Waals surface area contributed by atoms with Gasteiger partial charge < -0.3 is 9.64 Å². The number of benzene rings is 6. The van der Waals surface area contributed by atoms with Crippen molar-refractivity contribution in [3.05, 3.63) is 193 Å². The van der Waals surface area contributed by atoms with Gasteiger partial charge in [0.05, 0.1) is 6.16 Å². The average Bonchev–Trinajstić information content (AvgIpc) is 3.16. The van der Waals surface area contributed by atoms with Crippen molar-refractivity contribution in [2.45, 2.75) is 25.7 Å². The molecule has 0 bridgehead atoms. The highest BCUT2D eigenvalue weighted by Gasteiger charge is 2.46. The van der Waals surface area contributed by atoms with Crippen LogP contribution in [0.5, 0.6) is 5.75 Å². The standard InChI is InChI=1S/C27H26P.C18H23NO/c1-23(24-14-6-2-7-15-24)22-28(25-16-8-3-9-17-25,26-18-10-4-11-19-26)27-20-12-5-13-21-27;1-15(16-7-5-4-6-8-16)17-9-11-18(12-10-17)20-14-13-19(2)3/h2-21,23H,22H2,1H3;4-12,15H,13-14H2,1-3H3/q+1;. The maximum atomic E-state index is 5.72. The first kappa shape index (κ1) is 34.8. The zero-order valence-corrected chi connectivity index (χ0v) is 29.7. The molecule has 0 aliphatic rings. The molecular weight excluding hydrogens is 601 g/mol. The average molecular weight is 651 g/mol. The Balaban J connectivity index is 0.000000199. The van der Waals surface area contributed by atoms with Crippen LogP contribution in [0.1, 0.15) is 42.4 Å². The molecular formula is C45H49NOP+. The molecule has 0 heterocycles. The maximum Gasteiger partial charge on any atom is 0.119 e. The molecule has 0 amide bonds. The lowest BCUT2D eigenvalue weighted by Crippen LogP contribution is -2.34. The van der Waals surface area contributed by atoms with Crippen molar-refractivity contribution < 1.29 is 4.74 Å². The van der Waals surface area contributed by atoms with Gasteiger partial charge in [0.25, 0.3) is 0 Å². The lowest BCUT2D eigenvalue weighted by Gasteiger charge is -2.30. The van der Waals surface area contributed by atoms with Gasteiger partial charge in [-0.3, -0.25) is 0 Å². The predicted octanol–water partition coefficient (Wildman–Crippen LogP) is 9.56. The van der Waals surface area contributed by atoms with E-state index in [0.717, 1.165) is 25.1 Å². The first-order valence-corrected chi connectivity index (χ1v) is 19.0. The molecule has 0 aromatic heterocycles. The Morgan fingerprint density at radius 1 is 0.479 bits per heavy atom. The van der Waals surface area contributed by atoms with Crippen LogP contribution in [0.15, 0.2) is 176 Å². The van der Waals surface area contributed by atoms with E-state index in [9.17, 15) is 0 Å². The minimum atomic E-state index is -1.77. The molecule has 0 aliphatic carbocycles. The molecule has 6 aromatic carbocycles. The summed E-state index contributed by atoms with van der Waals surface area (Å²) in [6, 6.07) is 63.4. The van der Waals surface area contributed by atoms with Crippen LogP contribution in [0.2, 0.25) is 0 Å². The van der Waals surface area contributed by atoms with Crippen LogP contribution >= 0.6 is 7.26 Å². The molecule has 0 spiro atoms. The van der Waals surface area contributed by atoms with Crippen LogP contribution in [0.4, 0.5) is 0 Å². The van der Waals surface area contributed by atoms with E-state index in [2.05, 4.69) is 195 Å². The van der Waals surface area contributed by atoms with Crippen LogP contribution in [-0.4, -0.2) is 38.3 Å². The first-order valence-electron chi connectivity index (χ1n) is 17.0. The molecule has 0 saturated heterocycles. The molecule has 2 nitrogen and oxygen atoms in total. The summed E-state index contributed by atoms with van der Waals surface area (Å²) >= 11 is 0. The van der Waals surface area contributed by atoms with Gasteiger partial charge in [-0.15, -0.1) is 0 Å². The first-order chi connectivity index (χ1) is 23.5. The van der Waals surface area contributed by atoms with Crippen LogP contribution in [-0.2, 0) is 0 Å². The molecule has 0 aliphatic heterocycles. The molecule has 6 rings (SSSR count). The summed E-state index contributed by atoms with van der Waals surface area (Å²) in [5, 5.41) is 4.36. The van der Waals surface area contributed by atoms with Crippen LogP contribution in [0.3, 0.4) is 0 Å². The fourth-order valence-electron chi connectivity index (χ4n) is 6.24. The van der Waals surface area contributed by atoms with E-state index in [1.165, 1.54) is 32.6 Å². The SMILES string of the molecule is CC(C[P+](c1ccccc1)(c1ccccc1)c1ccccc1)c1ccccc1.CC(c1ccccc1)c1ccc(OCCN(C)C)cc1. The van der Waals surface area contributed by atoms with Gasteiger partial charge in [0, 0.05) is 18.4 Å². The zero-order chi connectivity index (χ0) is 33.6. The molecule has 0 fully saturated rings. The number of hydrogen-bond donors (Lipinski definition) is 0. The van der Waals surface area contributed by atoms with Gasteiger partial charge in [0.2, 0.25) is 0 Å². The summed E-state index contributed by atoms with van der Waals surface area (Å²) in [6.45, 7) is 6.26. The van der Waals surface area contributed by atoms with Crippen LogP contribution < -0.4 is 20.7 Å². The molecule has 6 aromatic rings. The van der Waals surface area contributed by atoms with Gasteiger partial charge in [-0.05, 0) is 79.3 Å². The van der Waals surface area contributed by atoms with E-state index in [4.69, 9.17) is 4.74 Å².